The van der Waals surface area contributed by atoms with Crippen molar-refractivity contribution in [3.63, 3.8) is 0 Å². The largest absolute Gasteiger partial charge is 0.314 e. The van der Waals surface area contributed by atoms with Gasteiger partial charge in [0.25, 0.3) is 0 Å². The quantitative estimate of drug-likeness (QED) is 0.605. The lowest BCUT2D eigenvalue weighted by molar-refractivity contribution is 0.217. The Morgan fingerprint density at radius 2 is 1.90 bits per heavy atom. The van der Waals surface area contributed by atoms with Crippen molar-refractivity contribution in [2.75, 3.05) is 32.7 Å². The van der Waals surface area contributed by atoms with E-state index in [9.17, 15) is 0 Å². The van der Waals surface area contributed by atoms with Crippen molar-refractivity contribution in [2.24, 2.45) is 5.92 Å². The highest BCUT2D eigenvalue weighted by Crippen LogP contribution is 1.98. The lowest BCUT2D eigenvalue weighted by Crippen LogP contribution is -2.44. The fraction of sp³-hybridized carbons (Fsp3) is 1.00. The molecule has 0 bridgehead atoms. The standard InChI is InChI=1S/C8H18N2/c1-8(2)7-10-5-3-9-4-6-10/h8-9H,3-7H2,1-2H3. The molecule has 2 heteroatoms. The molecule has 0 unspecified atom stereocenters. The number of nitrogens with one attached hydrogen (secondary N) is 1. The molecule has 0 saturated carbocycles. The molecule has 1 aliphatic heterocycles. The first-order chi connectivity index (χ1) is 4.79. The summed E-state index contributed by atoms with van der Waals surface area (Å²) >= 11 is 0. The van der Waals surface area contributed by atoms with Gasteiger partial charge in [0.2, 0.25) is 0 Å². The van der Waals surface area contributed by atoms with Crippen molar-refractivity contribution in [1.82, 2.24) is 10.2 Å². The Kier molecular flexibility index (Phi) is 3.16. The average Bonchev–Trinajstić information content (AvgIpc) is 1.88. The maximum atomic E-state index is 3.35. The van der Waals surface area contributed by atoms with Crippen LogP contribution in [0.15, 0.2) is 0 Å². The van der Waals surface area contributed by atoms with Gasteiger partial charge in [-0.3, -0.25) is 0 Å². The van der Waals surface area contributed by atoms with Crippen LogP contribution < -0.4 is 5.32 Å². The molecule has 60 valence electrons. The van der Waals surface area contributed by atoms with Gasteiger partial charge in [-0.25, -0.2) is 0 Å². The summed E-state index contributed by atoms with van der Waals surface area (Å²) < 4.78 is 0. The highest BCUT2D eigenvalue weighted by molar-refractivity contribution is 4.67. The summed E-state index contributed by atoms with van der Waals surface area (Å²) in [6.07, 6.45) is 0. The van der Waals surface area contributed by atoms with Crippen LogP contribution in [0.3, 0.4) is 0 Å². The van der Waals surface area contributed by atoms with Crippen molar-refractivity contribution in [1.29, 1.82) is 0 Å². The second kappa shape index (κ2) is 3.94. The van der Waals surface area contributed by atoms with E-state index in [4.69, 9.17) is 0 Å². The second-order valence-electron chi connectivity index (χ2n) is 3.44. The van der Waals surface area contributed by atoms with Crippen molar-refractivity contribution in [3.05, 3.63) is 0 Å². The summed E-state index contributed by atoms with van der Waals surface area (Å²) in [6.45, 7) is 10.6. The highest BCUT2D eigenvalue weighted by Gasteiger charge is 2.09. The van der Waals surface area contributed by atoms with E-state index in [0.717, 1.165) is 5.92 Å². The Labute approximate surface area is 63.6 Å². The van der Waals surface area contributed by atoms with E-state index in [0.29, 0.717) is 0 Å². The first-order valence-corrected chi connectivity index (χ1v) is 4.22. The monoisotopic (exact) mass is 142 g/mol. The summed E-state index contributed by atoms with van der Waals surface area (Å²) in [5, 5.41) is 3.35. The number of nitrogens with zero attached hydrogens (tertiary/aromatic N) is 1. The molecule has 0 aromatic heterocycles. The van der Waals surface area contributed by atoms with E-state index in [1.54, 1.807) is 0 Å². The van der Waals surface area contributed by atoms with Gasteiger partial charge < -0.3 is 10.2 Å². The third kappa shape index (κ3) is 2.67. The fourth-order valence-electron chi connectivity index (χ4n) is 1.41. The summed E-state index contributed by atoms with van der Waals surface area (Å²) in [4.78, 5) is 2.53. The van der Waals surface area contributed by atoms with E-state index in [1.165, 1.54) is 32.7 Å². The van der Waals surface area contributed by atoms with Gasteiger partial charge in [0.05, 0.1) is 0 Å². The average molecular weight is 142 g/mol. The zero-order valence-corrected chi connectivity index (χ0v) is 7.06. The molecule has 1 fully saturated rings. The highest BCUT2D eigenvalue weighted by atomic mass is 15.2. The maximum absolute atomic E-state index is 3.35. The van der Waals surface area contributed by atoms with Gasteiger partial charge in [-0.15, -0.1) is 0 Å². The zero-order valence-electron chi connectivity index (χ0n) is 7.06. The Morgan fingerprint density at radius 1 is 1.30 bits per heavy atom. The number of hydrogen-bond donors (Lipinski definition) is 1. The van der Waals surface area contributed by atoms with Gasteiger partial charge in [0.1, 0.15) is 0 Å². The topological polar surface area (TPSA) is 15.3 Å². The third-order valence-corrected chi connectivity index (χ3v) is 1.83. The van der Waals surface area contributed by atoms with Gasteiger partial charge in [0.15, 0.2) is 0 Å². The van der Waals surface area contributed by atoms with Crippen LogP contribution in [0.1, 0.15) is 13.8 Å². The minimum absolute atomic E-state index is 0.818. The molecule has 0 amide bonds. The van der Waals surface area contributed by atoms with Gasteiger partial charge in [-0.1, -0.05) is 13.8 Å². The van der Waals surface area contributed by atoms with Crippen LogP contribution in [0.4, 0.5) is 0 Å². The molecule has 1 saturated heterocycles. The normalized spacial score (nSPS) is 21.9. The van der Waals surface area contributed by atoms with E-state index in [2.05, 4.69) is 24.1 Å². The van der Waals surface area contributed by atoms with Crippen LogP contribution in [0.25, 0.3) is 0 Å². The summed E-state index contributed by atoms with van der Waals surface area (Å²) in [6, 6.07) is 0. The Hall–Kier alpha value is -0.0800. The predicted octanol–water partition coefficient (Wildman–Crippen LogP) is 0.548. The molecule has 1 N–H and O–H groups in total. The van der Waals surface area contributed by atoms with Crippen molar-refractivity contribution in [3.8, 4) is 0 Å². The van der Waals surface area contributed by atoms with Crippen LogP contribution in [-0.4, -0.2) is 37.6 Å². The molecule has 1 heterocycles. The molecule has 0 aliphatic carbocycles. The molecule has 0 aromatic carbocycles. The van der Waals surface area contributed by atoms with E-state index in [-0.39, 0.29) is 0 Å². The Morgan fingerprint density at radius 3 is 2.40 bits per heavy atom. The molecule has 0 spiro atoms. The molecule has 2 nitrogen and oxygen atoms in total. The Bertz CT molecular complexity index is 85.3. The minimum Gasteiger partial charge on any atom is -0.314 e. The Balaban J connectivity index is 2.13. The molecular weight excluding hydrogens is 124 g/mol. The molecule has 10 heavy (non-hydrogen) atoms. The van der Waals surface area contributed by atoms with Crippen LogP contribution in [0, 0.1) is 5.92 Å². The van der Waals surface area contributed by atoms with E-state index >= 15 is 0 Å². The van der Waals surface area contributed by atoms with Gasteiger partial charge in [-0.05, 0) is 5.92 Å². The number of hydrogen-bond acceptors (Lipinski definition) is 2. The second-order valence-corrected chi connectivity index (χ2v) is 3.44. The van der Waals surface area contributed by atoms with Crippen molar-refractivity contribution >= 4 is 0 Å². The first kappa shape index (κ1) is 8.02. The third-order valence-electron chi connectivity index (χ3n) is 1.83. The van der Waals surface area contributed by atoms with E-state index < -0.39 is 0 Å². The molecule has 0 atom stereocenters. The van der Waals surface area contributed by atoms with Gasteiger partial charge in [-0.2, -0.15) is 0 Å². The molecule has 1 rings (SSSR count). The van der Waals surface area contributed by atoms with Gasteiger partial charge in [0, 0.05) is 32.7 Å². The summed E-state index contributed by atoms with van der Waals surface area (Å²) in [5.74, 6) is 0.818. The maximum Gasteiger partial charge on any atom is 0.0107 e. The molecule has 1 aliphatic rings. The van der Waals surface area contributed by atoms with Crippen LogP contribution in [-0.2, 0) is 0 Å². The minimum atomic E-state index is 0.818. The smallest absolute Gasteiger partial charge is 0.0107 e. The van der Waals surface area contributed by atoms with E-state index in [1.807, 2.05) is 0 Å². The summed E-state index contributed by atoms with van der Waals surface area (Å²) in [5.41, 5.74) is 0. The number of rotatable bonds is 2. The van der Waals surface area contributed by atoms with Crippen molar-refractivity contribution < 1.29 is 0 Å². The zero-order chi connectivity index (χ0) is 7.40. The number of piperazine rings is 1. The first-order valence-electron chi connectivity index (χ1n) is 4.22. The SMILES string of the molecule is CC(C)CN1CCNCC1. The molecule has 0 radical (unpaired) electrons. The van der Waals surface area contributed by atoms with Crippen LogP contribution >= 0.6 is 0 Å². The predicted molar refractivity (Wildman–Crippen MR) is 44.1 cm³/mol. The van der Waals surface area contributed by atoms with Crippen molar-refractivity contribution in [2.45, 2.75) is 13.8 Å². The molecular formula is C8H18N2. The van der Waals surface area contributed by atoms with Gasteiger partial charge >= 0.3 is 0 Å². The lowest BCUT2D eigenvalue weighted by Gasteiger charge is -2.28. The fourth-order valence-corrected chi connectivity index (χ4v) is 1.41. The summed E-state index contributed by atoms with van der Waals surface area (Å²) in [7, 11) is 0. The van der Waals surface area contributed by atoms with Crippen LogP contribution in [0.2, 0.25) is 0 Å². The lowest BCUT2D eigenvalue weighted by atomic mass is 10.2. The molecule has 0 aromatic rings. The van der Waals surface area contributed by atoms with Crippen LogP contribution in [0.5, 0.6) is 0 Å².